The largest absolute Gasteiger partial charge is 0.355 e. The number of para-hydroxylation sites is 1. The molecular weight excluding hydrogens is 404 g/mol. The number of nitrogens with zero attached hydrogens (tertiary/aromatic N) is 6. The van der Waals surface area contributed by atoms with Crippen molar-refractivity contribution in [3.8, 4) is 11.4 Å². The third kappa shape index (κ3) is 3.51. The summed E-state index contributed by atoms with van der Waals surface area (Å²) < 4.78 is 2.41. The van der Waals surface area contributed by atoms with Crippen molar-refractivity contribution in [2.75, 3.05) is 18.0 Å². The number of hydrogen-bond acceptors (Lipinski definition) is 6. The van der Waals surface area contributed by atoms with Crippen LogP contribution < -0.4 is 4.90 Å². The van der Waals surface area contributed by atoms with Gasteiger partial charge in [-0.3, -0.25) is 0 Å². The van der Waals surface area contributed by atoms with Gasteiger partial charge in [0.1, 0.15) is 17.5 Å². The Balaban J connectivity index is 1.38. The summed E-state index contributed by atoms with van der Waals surface area (Å²) in [6.45, 7) is 3.01. The molecule has 1 atom stereocenters. The van der Waals surface area contributed by atoms with Crippen LogP contribution in [0.25, 0.3) is 22.3 Å². The molecule has 31 heavy (non-hydrogen) atoms. The van der Waals surface area contributed by atoms with Crippen molar-refractivity contribution in [1.29, 1.82) is 0 Å². The maximum atomic E-state index is 5.06. The molecule has 4 aromatic rings. The molecule has 1 fully saturated rings. The van der Waals surface area contributed by atoms with E-state index in [0.717, 1.165) is 67.0 Å². The van der Waals surface area contributed by atoms with Gasteiger partial charge in [0.25, 0.3) is 0 Å². The normalized spacial score (nSPS) is 19.4. The smallest absolute Gasteiger partial charge is 0.162 e. The van der Waals surface area contributed by atoms with E-state index in [0.29, 0.717) is 5.92 Å². The minimum atomic E-state index is 0.395. The van der Waals surface area contributed by atoms with Crippen LogP contribution in [0.3, 0.4) is 0 Å². The summed E-state index contributed by atoms with van der Waals surface area (Å²) in [5, 5.41) is 14.6. The highest BCUT2D eigenvalue weighted by atomic mass is 32.1. The molecule has 0 bridgehead atoms. The molecule has 0 spiro atoms. The number of aryl methyl sites for hydroxylation is 1. The number of anilines is 1. The van der Waals surface area contributed by atoms with Gasteiger partial charge in [-0.25, -0.2) is 9.97 Å². The molecule has 0 N–H and O–H groups in total. The second kappa shape index (κ2) is 8.04. The summed E-state index contributed by atoms with van der Waals surface area (Å²) in [5.74, 6) is 4.61. The van der Waals surface area contributed by atoms with Crippen LogP contribution in [0.5, 0.6) is 0 Å². The van der Waals surface area contributed by atoms with Crippen molar-refractivity contribution in [3.63, 3.8) is 0 Å². The van der Waals surface area contributed by atoms with E-state index in [1.807, 2.05) is 0 Å². The second-order valence-electron chi connectivity index (χ2n) is 8.62. The first-order chi connectivity index (χ1) is 15.4. The minimum absolute atomic E-state index is 0.395. The van der Waals surface area contributed by atoms with E-state index in [4.69, 9.17) is 9.97 Å². The number of rotatable bonds is 3. The summed E-state index contributed by atoms with van der Waals surface area (Å²) in [5.41, 5.74) is 2.10. The molecule has 7 heteroatoms. The quantitative estimate of drug-likeness (QED) is 0.455. The molecule has 1 aromatic carbocycles. The third-order valence-electron chi connectivity index (χ3n) is 6.59. The maximum absolute atomic E-state index is 5.06. The topological polar surface area (TPSA) is 59.7 Å². The average molecular weight is 431 g/mol. The predicted molar refractivity (Wildman–Crippen MR) is 125 cm³/mol. The van der Waals surface area contributed by atoms with Crippen LogP contribution in [0.4, 0.5) is 5.82 Å². The third-order valence-corrected chi connectivity index (χ3v) is 7.27. The van der Waals surface area contributed by atoms with Gasteiger partial charge in [0.05, 0.1) is 5.52 Å². The first-order valence-electron chi connectivity index (χ1n) is 11.3. The number of fused-ring (bicyclic) bond motifs is 2. The number of benzene rings is 1. The highest BCUT2D eigenvalue weighted by molar-refractivity contribution is 7.08. The Kier molecular flexibility index (Phi) is 4.91. The van der Waals surface area contributed by atoms with Gasteiger partial charge < -0.3 is 9.47 Å². The Hall–Kier alpha value is -2.80. The van der Waals surface area contributed by atoms with E-state index in [9.17, 15) is 0 Å². The van der Waals surface area contributed by atoms with Gasteiger partial charge >= 0.3 is 0 Å². The fourth-order valence-corrected chi connectivity index (χ4v) is 5.65. The zero-order valence-electron chi connectivity index (χ0n) is 17.6. The lowest BCUT2D eigenvalue weighted by Gasteiger charge is -2.34. The maximum Gasteiger partial charge on any atom is 0.162 e. The Morgan fingerprint density at radius 3 is 2.84 bits per heavy atom. The summed E-state index contributed by atoms with van der Waals surface area (Å²) in [6.07, 6.45) is 7.11. The molecule has 0 radical (unpaired) electrons. The Labute approximate surface area is 186 Å². The fraction of sp³-hybridized carbons (Fsp3) is 0.417. The Morgan fingerprint density at radius 2 is 1.90 bits per heavy atom. The molecule has 6 rings (SSSR count). The first-order valence-corrected chi connectivity index (χ1v) is 12.3. The van der Waals surface area contributed by atoms with Crippen LogP contribution in [0.2, 0.25) is 0 Å². The first kappa shape index (κ1) is 18.9. The van der Waals surface area contributed by atoms with Crippen LogP contribution in [-0.4, -0.2) is 37.8 Å². The minimum Gasteiger partial charge on any atom is -0.355 e. The van der Waals surface area contributed by atoms with Crippen molar-refractivity contribution in [1.82, 2.24) is 24.7 Å². The van der Waals surface area contributed by atoms with Crippen LogP contribution in [0.1, 0.15) is 49.7 Å². The standard InChI is InChI=1S/C24H26N6S/c1-2-10-21-27-28-23(30(21)13-5-1)17-7-6-12-29(15-17)24-19-8-3-4-9-20(19)25-22(26-24)18-11-14-31-16-18/h3-4,8-9,11,14,16-17H,1-2,5-7,10,12-13,15H2. The molecule has 6 nitrogen and oxygen atoms in total. The molecule has 0 amide bonds. The van der Waals surface area contributed by atoms with Crippen LogP contribution in [0.15, 0.2) is 41.1 Å². The van der Waals surface area contributed by atoms with E-state index in [1.165, 1.54) is 30.9 Å². The molecule has 158 valence electrons. The van der Waals surface area contributed by atoms with Gasteiger partial charge in [-0.15, -0.1) is 10.2 Å². The molecular formula is C24H26N6S. The van der Waals surface area contributed by atoms with E-state index in [-0.39, 0.29) is 0 Å². The van der Waals surface area contributed by atoms with Gasteiger partial charge in [0.15, 0.2) is 5.82 Å². The van der Waals surface area contributed by atoms with Crippen molar-refractivity contribution in [2.24, 2.45) is 0 Å². The Bertz CT molecular complexity index is 1200. The molecule has 3 aromatic heterocycles. The van der Waals surface area contributed by atoms with Gasteiger partial charge in [0.2, 0.25) is 0 Å². The lowest BCUT2D eigenvalue weighted by atomic mass is 9.96. The molecule has 2 aliphatic heterocycles. The number of thiophene rings is 1. The molecule has 2 aliphatic rings. The molecule has 0 aliphatic carbocycles. The van der Waals surface area contributed by atoms with Crippen molar-refractivity contribution in [2.45, 2.75) is 51.0 Å². The van der Waals surface area contributed by atoms with E-state index >= 15 is 0 Å². The van der Waals surface area contributed by atoms with Crippen molar-refractivity contribution >= 4 is 28.1 Å². The predicted octanol–water partition coefficient (Wildman–Crippen LogP) is 5.06. The van der Waals surface area contributed by atoms with Gasteiger partial charge in [0, 0.05) is 48.3 Å². The average Bonchev–Trinajstić information content (AvgIpc) is 3.44. The zero-order valence-corrected chi connectivity index (χ0v) is 18.4. The summed E-state index contributed by atoms with van der Waals surface area (Å²) >= 11 is 1.68. The van der Waals surface area contributed by atoms with Gasteiger partial charge in [-0.05, 0) is 49.3 Å². The van der Waals surface area contributed by atoms with Gasteiger partial charge in [-0.2, -0.15) is 11.3 Å². The van der Waals surface area contributed by atoms with E-state index in [1.54, 1.807) is 11.3 Å². The van der Waals surface area contributed by atoms with Crippen LogP contribution in [0, 0.1) is 0 Å². The van der Waals surface area contributed by atoms with Crippen LogP contribution >= 0.6 is 11.3 Å². The SMILES string of the molecule is c1ccc2c(N3CCCC(c4nnc5n4CCCCC5)C3)nc(-c3ccsc3)nc2c1. The molecule has 5 heterocycles. The lowest BCUT2D eigenvalue weighted by molar-refractivity contribution is 0.464. The van der Waals surface area contributed by atoms with Gasteiger partial charge in [-0.1, -0.05) is 18.6 Å². The molecule has 1 unspecified atom stereocenters. The summed E-state index contributed by atoms with van der Waals surface area (Å²) in [7, 11) is 0. The molecule has 0 saturated carbocycles. The van der Waals surface area contributed by atoms with Crippen molar-refractivity contribution in [3.05, 3.63) is 52.7 Å². The number of piperidine rings is 1. The highest BCUT2D eigenvalue weighted by Gasteiger charge is 2.29. The molecule has 1 saturated heterocycles. The van der Waals surface area contributed by atoms with E-state index in [2.05, 4.69) is 60.8 Å². The fourth-order valence-electron chi connectivity index (χ4n) is 5.01. The summed E-state index contributed by atoms with van der Waals surface area (Å²) in [6, 6.07) is 10.5. The highest BCUT2D eigenvalue weighted by Crippen LogP contribution is 2.34. The van der Waals surface area contributed by atoms with E-state index < -0.39 is 0 Å². The zero-order chi connectivity index (χ0) is 20.6. The van der Waals surface area contributed by atoms with Crippen LogP contribution in [-0.2, 0) is 13.0 Å². The second-order valence-corrected chi connectivity index (χ2v) is 9.40. The monoisotopic (exact) mass is 430 g/mol. The Morgan fingerprint density at radius 1 is 0.935 bits per heavy atom. The lowest BCUT2D eigenvalue weighted by Crippen LogP contribution is -2.36. The number of hydrogen-bond donors (Lipinski definition) is 0. The van der Waals surface area contributed by atoms with Crippen molar-refractivity contribution < 1.29 is 0 Å². The number of aromatic nitrogens is 5. The summed E-state index contributed by atoms with van der Waals surface area (Å²) in [4.78, 5) is 12.4.